The Kier molecular flexibility index (Phi) is 4.72. The van der Waals surface area contributed by atoms with E-state index in [-0.39, 0.29) is 0 Å². The topological polar surface area (TPSA) is 0 Å². The molecule has 1 rings (SSSR count). The molecule has 0 aromatic rings. The molecule has 4 unspecified atom stereocenters. The molecule has 4 atom stereocenters. The first-order valence-electron chi connectivity index (χ1n) is 7.65. The van der Waals surface area contributed by atoms with Gasteiger partial charge in [0.2, 0.25) is 0 Å². The average Bonchev–Trinajstić information content (AvgIpc) is 2.22. The van der Waals surface area contributed by atoms with Gasteiger partial charge < -0.3 is 0 Å². The zero-order valence-electron chi connectivity index (χ0n) is 13.4. The van der Waals surface area contributed by atoms with Gasteiger partial charge in [0.1, 0.15) is 0 Å². The van der Waals surface area contributed by atoms with E-state index in [9.17, 15) is 0 Å². The van der Waals surface area contributed by atoms with E-state index >= 15 is 0 Å². The lowest BCUT2D eigenvalue weighted by molar-refractivity contribution is 0.0110. The number of rotatable bonds is 2. The van der Waals surface area contributed by atoms with Gasteiger partial charge in [-0.25, -0.2) is 0 Å². The third kappa shape index (κ3) is 3.48. The summed E-state index contributed by atoms with van der Waals surface area (Å²) < 4.78 is 0. The smallest absolute Gasteiger partial charge is 0.0357 e. The Balaban J connectivity index is 2.69. The van der Waals surface area contributed by atoms with E-state index in [2.05, 4.69) is 55.4 Å². The minimum atomic E-state index is 0.495. The summed E-state index contributed by atoms with van der Waals surface area (Å²) in [5, 5.41) is 0. The van der Waals surface area contributed by atoms with E-state index < -0.39 is 0 Å². The van der Waals surface area contributed by atoms with Crippen LogP contribution in [0.4, 0.5) is 0 Å². The molecule has 1 fully saturated rings. The first-order valence-corrected chi connectivity index (χ1v) is 7.65. The van der Waals surface area contributed by atoms with E-state index in [0.717, 1.165) is 35.5 Å². The van der Waals surface area contributed by atoms with Crippen LogP contribution in [0.15, 0.2) is 0 Å². The van der Waals surface area contributed by atoms with Crippen LogP contribution in [0.5, 0.6) is 0 Å². The van der Waals surface area contributed by atoms with Crippen LogP contribution in [0.3, 0.4) is 0 Å². The van der Waals surface area contributed by atoms with Crippen molar-refractivity contribution in [2.45, 2.75) is 68.2 Å². The van der Waals surface area contributed by atoms with Gasteiger partial charge in [0, 0.05) is 0 Å². The van der Waals surface area contributed by atoms with E-state index in [1.807, 2.05) is 0 Å². The number of hydrogen-bond donors (Lipinski definition) is 0. The van der Waals surface area contributed by atoms with E-state index in [0.29, 0.717) is 5.41 Å². The van der Waals surface area contributed by atoms with Gasteiger partial charge in [-0.05, 0) is 53.8 Å². The Bertz CT molecular complexity index is 219. The maximum atomic E-state index is 2.50. The number of hydrogen-bond acceptors (Lipinski definition) is 0. The molecule has 0 nitrogen and oxygen atoms in total. The first kappa shape index (κ1) is 15.1. The fourth-order valence-electron chi connectivity index (χ4n) is 3.82. The Morgan fingerprint density at radius 3 is 1.35 bits per heavy atom. The second kappa shape index (κ2) is 5.33. The molecule has 0 aromatic carbocycles. The summed E-state index contributed by atoms with van der Waals surface area (Å²) in [6.07, 6.45) is 2.80. The van der Waals surface area contributed by atoms with Gasteiger partial charge in [-0.1, -0.05) is 55.4 Å². The second-order valence-corrected chi connectivity index (χ2v) is 8.06. The zero-order chi connectivity index (χ0) is 13.4. The molecule has 0 bridgehead atoms. The van der Waals surface area contributed by atoms with Crippen molar-refractivity contribution in [2.24, 2.45) is 40.9 Å². The predicted molar refractivity (Wildman–Crippen MR) is 78.0 cm³/mol. The molecule has 0 N–H and O–H groups in total. The molecule has 0 amide bonds. The average molecular weight is 238 g/mol. The summed E-state index contributed by atoms with van der Waals surface area (Å²) in [4.78, 5) is 0. The summed E-state index contributed by atoms with van der Waals surface area (Å²) in [5.41, 5.74) is 0.495. The van der Waals surface area contributed by atoms with Gasteiger partial charge >= 0.3 is 0 Å². The van der Waals surface area contributed by atoms with Gasteiger partial charge in [0.25, 0.3) is 0 Å². The van der Waals surface area contributed by atoms with Crippen LogP contribution < -0.4 is 0 Å². The molecule has 1 saturated carbocycles. The van der Waals surface area contributed by atoms with E-state index in [4.69, 9.17) is 0 Å². The molecule has 0 heteroatoms. The van der Waals surface area contributed by atoms with Gasteiger partial charge in [0.15, 0.2) is 0 Å². The van der Waals surface area contributed by atoms with Crippen LogP contribution in [0, 0.1) is 40.9 Å². The highest BCUT2D eigenvalue weighted by atomic mass is 14.5. The fraction of sp³-hybridized carbons (Fsp3) is 1.00. The molecule has 17 heavy (non-hydrogen) atoms. The minimum absolute atomic E-state index is 0.495. The monoisotopic (exact) mass is 238 g/mol. The largest absolute Gasteiger partial charge is 0.0620 e. The van der Waals surface area contributed by atoms with Gasteiger partial charge in [0.05, 0.1) is 0 Å². The maximum Gasteiger partial charge on any atom is -0.0357 e. The SMILES string of the molecule is CC1C(C)C(C)C(CCC(C)(C)C)C(C)C1C. The van der Waals surface area contributed by atoms with Crippen molar-refractivity contribution < 1.29 is 0 Å². The standard InChI is InChI=1S/C17H34/c1-11-12(2)14(4)16(15(5)13(11)3)9-10-17(6,7)8/h11-16H,9-10H2,1-8H3. The van der Waals surface area contributed by atoms with Crippen LogP contribution in [0.2, 0.25) is 0 Å². The lowest BCUT2D eigenvalue weighted by Gasteiger charge is -2.48. The van der Waals surface area contributed by atoms with E-state index in [1.165, 1.54) is 12.8 Å². The van der Waals surface area contributed by atoms with Crippen LogP contribution in [-0.4, -0.2) is 0 Å². The van der Waals surface area contributed by atoms with Crippen molar-refractivity contribution in [3.63, 3.8) is 0 Å². The molecular formula is C17H34. The highest BCUT2D eigenvalue weighted by Gasteiger charge is 2.40. The Morgan fingerprint density at radius 1 is 0.647 bits per heavy atom. The van der Waals surface area contributed by atoms with Crippen molar-refractivity contribution in [2.75, 3.05) is 0 Å². The van der Waals surface area contributed by atoms with Crippen LogP contribution >= 0.6 is 0 Å². The molecule has 1 aliphatic rings. The molecule has 0 radical (unpaired) electrons. The summed E-state index contributed by atoms with van der Waals surface area (Å²) >= 11 is 0. The maximum absolute atomic E-state index is 2.50. The Labute approximate surface area is 110 Å². The fourth-order valence-corrected chi connectivity index (χ4v) is 3.82. The lowest BCUT2D eigenvalue weighted by Crippen LogP contribution is -2.41. The van der Waals surface area contributed by atoms with Gasteiger partial charge in [-0.3, -0.25) is 0 Å². The molecule has 0 spiro atoms. The predicted octanol–water partition coefficient (Wildman–Crippen LogP) is 5.62. The molecule has 102 valence electrons. The highest BCUT2D eigenvalue weighted by molar-refractivity contribution is 4.89. The normalized spacial score (nSPS) is 43.8. The van der Waals surface area contributed by atoms with Crippen molar-refractivity contribution in [3.8, 4) is 0 Å². The van der Waals surface area contributed by atoms with Crippen molar-refractivity contribution >= 4 is 0 Å². The van der Waals surface area contributed by atoms with Crippen LogP contribution in [-0.2, 0) is 0 Å². The second-order valence-electron chi connectivity index (χ2n) is 8.06. The van der Waals surface area contributed by atoms with Crippen molar-refractivity contribution in [1.82, 2.24) is 0 Å². The zero-order valence-corrected chi connectivity index (χ0v) is 13.4. The van der Waals surface area contributed by atoms with Gasteiger partial charge in [-0.15, -0.1) is 0 Å². The summed E-state index contributed by atoms with van der Waals surface area (Å²) in [5.74, 6) is 5.43. The third-order valence-corrected chi connectivity index (χ3v) is 5.90. The summed E-state index contributed by atoms with van der Waals surface area (Å²) in [6, 6.07) is 0. The molecule has 0 saturated heterocycles. The lowest BCUT2D eigenvalue weighted by atomic mass is 9.58. The van der Waals surface area contributed by atoms with Crippen LogP contribution in [0.25, 0.3) is 0 Å². The summed E-state index contributed by atoms with van der Waals surface area (Å²) in [6.45, 7) is 19.5. The first-order chi connectivity index (χ1) is 7.65. The minimum Gasteiger partial charge on any atom is -0.0620 e. The molecule has 0 heterocycles. The highest BCUT2D eigenvalue weighted by Crippen LogP contribution is 2.47. The van der Waals surface area contributed by atoms with Crippen LogP contribution in [0.1, 0.15) is 68.2 Å². The Morgan fingerprint density at radius 2 is 1.00 bits per heavy atom. The van der Waals surface area contributed by atoms with Gasteiger partial charge in [-0.2, -0.15) is 0 Å². The molecule has 0 aromatic heterocycles. The quantitative estimate of drug-likeness (QED) is 0.585. The Hall–Kier alpha value is 0. The molecule has 0 aliphatic heterocycles. The van der Waals surface area contributed by atoms with Crippen molar-refractivity contribution in [3.05, 3.63) is 0 Å². The molecular weight excluding hydrogens is 204 g/mol. The van der Waals surface area contributed by atoms with E-state index in [1.54, 1.807) is 0 Å². The third-order valence-electron chi connectivity index (χ3n) is 5.90. The summed E-state index contributed by atoms with van der Waals surface area (Å²) in [7, 11) is 0. The van der Waals surface area contributed by atoms with Crippen molar-refractivity contribution in [1.29, 1.82) is 0 Å². The molecule has 1 aliphatic carbocycles.